The molecule has 0 saturated carbocycles. The molecule has 0 aliphatic rings. The highest BCUT2D eigenvalue weighted by atomic mass is 28.3. The number of benzene rings is 2. The van der Waals surface area contributed by atoms with Gasteiger partial charge in [0.05, 0.1) is 11.6 Å². The topological polar surface area (TPSA) is 39.4 Å². The van der Waals surface area contributed by atoms with Crippen LogP contribution >= 0.6 is 0 Å². The van der Waals surface area contributed by atoms with Gasteiger partial charge in [0, 0.05) is 12.5 Å². The summed E-state index contributed by atoms with van der Waals surface area (Å²) >= 11 is 0. The molecule has 3 aromatic rings. The van der Waals surface area contributed by atoms with Gasteiger partial charge in [0.15, 0.2) is 0 Å². The van der Waals surface area contributed by atoms with Crippen LogP contribution in [-0.2, 0) is 16.0 Å². The van der Waals surface area contributed by atoms with Crippen molar-refractivity contribution in [1.82, 2.24) is 0 Å². The number of furan rings is 1. The Labute approximate surface area is 187 Å². The van der Waals surface area contributed by atoms with E-state index in [1.54, 1.807) is 6.26 Å². The minimum Gasteiger partial charge on any atom is -0.474 e. The number of esters is 1. The zero-order chi connectivity index (χ0) is 22.3. The maximum Gasteiger partial charge on any atom is 0.303 e. The minimum absolute atomic E-state index is 0.212. The maximum atomic E-state index is 11.6. The molecule has 164 valence electrons. The Hall–Kier alpha value is -2.59. The highest BCUT2D eigenvalue weighted by Crippen LogP contribution is 2.26. The van der Waals surface area contributed by atoms with Gasteiger partial charge in [-0.1, -0.05) is 80.7 Å². The van der Waals surface area contributed by atoms with Gasteiger partial charge in [-0.3, -0.25) is 4.79 Å². The third-order valence-corrected chi connectivity index (χ3v) is 7.27. The molecule has 0 aliphatic carbocycles. The SMILES string of the molecule is CC(=O)OC(CCCCCc1ccc(-c2ccccc2)cc1)c1coc([Si](C)(C)C)c1. The summed E-state index contributed by atoms with van der Waals surface area (Å²) < 4.78 is 11.4. The molecule has 1 unspecified atom stereocenters. The van der Waals surface area contributed by atoms with E-state index in [0.717, 1.165) is 43.1 Å². The van der Waals surface area contributed by atoms with E-state index in [1.807, 2.05) is 6.07 Å². The third-order valence-electron chi connectivity index (χ3n) is 5.53. The van der Waals surface area contributed by atoms with Gasteiger partial charge in [0.25, 0.3) is 0 Å². The van der Waals surface area contributed by atoms with Gasteiger partial charge in [-0.2, -0.15) is 0 Å². The Morgan fingerprint density at radius 1 is 0.935 bits per heavy atom. The molecule has 3 nitrogen and oxygen atoms in total. The summed E-state index contributed by atoms with van der Waals surface area (Å²) in [5, 5.41) is 1.05. The molecule has 31 heavy (non-hydrogen) atoms. The second-order valence-corrected chi connectivity index (χ2v) is 14.2. The lowest BCUT2D eigenvalue weighted by atomic mass is 10.00. The van der Waals surface area contributed by atoms with Gasteiger partial charge >= 0.3 is 5.97 Å². The summed E-state index contributed by atoms with van der Waals surface area (Å²) in [5.74, 6) is -0.237. The lowest BCUT2D eigenvalue weighted by Gasteiger charge is -2.16. The van der Waals surface area contributed by atoms with Gasteiger partial charge < -0.3 is 9.15 Å². The van der Waals surface area contributed by atoms with Gasteiger partial charge in [0.2, 0.25) is 0 Å². The van der Waals surface area contributed by atoms with Crippen LogP contribution in [0.1, 0.15) is 49.8 Å². The van der Waals surface area contributed by atoms with Crippen molar-refractivity contribution in [2.75, 3.05) is 0 Å². The Bertz CT molecular complexity index is 952. The lowest BCUT2D eigenvalue weighted by molar-refractivity contribution is -0.147. The number of unbranched alkanes of at least 4 members (excludes halogenated alkanes) is 2. The molecular weight excluding hydrogens is 400 g/mol. The van der Waals surface area contributed by atoms with Crippen LogP contribution in [0.4, 0.5) is 0 Å². The Morgan fingerprint density at radius 2 is 1.61 bits per heavy atom. The lowest BCUT2D eigenvalue weighted by Crippen LogP contribution is -2.36. The number of aryl methyl sites for hydroxylation is 1. The normalized spacial score (nSPS) is 12.5. The number of hydrogen-bond acceptors (Lipinski definition) is 3. The average Bonchev–Trinajstić information content (AvgIpc) is 3.24. The van der Waals surface area contributed by atoms with Crippen molar-refractivity contribution in [3.8, 4) is 11.1 Å². The molecule has 1 atom stereocenters. The van der Waals surface area contributed by atoms with Crippen molar-refractivity contribution in [2.24, 2.45) is 0 Å². The highest BCUT2D eigenvalue weighted by Gasteiger charge is 2.24. The first-order valence-corrected chi connectivity index (χ1v) is 14.7. The van der Waals surface area contributed by atoms with Crippen LogP contribution < -0.4 is 5.38 Å². The van der Waals surface area contributed by atoms with Crippen LogP contribution in [0.3, 0.4) is 0 Å². The fourth-order valence-corrected chi connectivity index (χ4v) is 4.75. The number of rotatable bonds is 10. The van der Waals surface area contributed by atoms with Crippen molar-refractivity contribution in [2.45, 2.75) is 64.8 Å². The largest absolute Gasteiger partial charge is 0.474 e. The minimum atomic E-state index is -1.51. The molecule has 3 rings (SSSR count). The van der Waals surface area contributed by atoms with Crippen molar-refractivity contribution >= 4 is 19.4 Å². The monoisotopic (exact) mass is 434 g/mol. The quantitative estimate of drug-likeness (QED) is 0.198. The second-order valence-electron chi connectivity index (χ2n) is 9.25. The summed E-state index contributed by atoms with van der Waals surface area (Å²) in [6.07, 6.45) is 6.72. The second kappa shape index (κ2) is 10.6. The average molecular weight is 435 g/mol. The van der Waals surface area contributed by atoms with E-state index in [4.69, 9.17) is 9.15 Å². The van der Waals surface area contributed by atoms with Crippen LogP contribution in [-0.4, -0.2) is 14.0 Å². The van der Waals surface area contributed by atoms with E-state index < -0.39 is 8.07 Å². The smallest absolute Gasteiger partial charge is 0.303 e. The highest BCUT2D eigenvalue weighted by molar-refractivity contribution is 6.87. The predicted molar refractivity (Wildman–Crippen MR) is 130 cm³/mol. The van der Waals surface area contributed by atoms with Crippen molar-refractivity contribution in [1.29, 1.82) is 0 Å². The number of carbonyl (C=O) groups is 1. The molecule has 0 fully saturated rings. The molecule has 2 aromatic carbocycles. The summed E-state index contributed by atoms with van der Waals surface area (Å²) in [7, 11) is -1.51. The summed E-state index contributed by atoms with van der Waals surface area (Å²) in [5.41, 5.74) is 4.86. The molecule has 0 radical (unpaired) electrons. The van der Waals surface area contributed by atoms with Gasteiger partial charge in [-0.15, -0.1) is 0 Å². The standard InChI is InChI=1S/C27H34O3Si/c1-21(28)30-26(25-19-27(29-20-25)31(2,3)4)14-10-5-7-11-22-15-17-24(18-16-22)23-12-8-6-9-13-23/h6,8-9,12-13,15-20,26H,5,7,10-11,14H2,1-4H3. The van der Waals surface area contributed by atoms with E-state index >= 15 is 0 Å². The van der Waals surface area contributed by atoms with Gasteiger partial charge in [-0.05, 0) is 48.4 Å². The van der Waals surface area contributed by atoms with E-state index in [-0.39, 0.29) is 12.1 Å². The fourth-order valence-electron chi connectivity index (χ4n) is 3.74. The molecule has 0 amide bonds. The first-order chi connectivity index (χ1) is 14.8. The summed E-state index contributed by atoms with van der Waals surface area (Å²) in [4.78, 5) is 11.6. The van der Waals surface area contributed by atoms with Crippen LogP contribution in [0, 0.1) is 0 Å². The maximum absolute atomic E-state index is 11.6. The molecule has 1 heterocycles. The molecule has 0 saturated heterocycles. The van der Waals surface area contributed by atoms with Gasteiger partial charge in [0.1, 0.15) is 14.2 Å². The third kappa shape index (κ3) is 6.96. The zero-order valence-electron chi connectivity index (χ0n) is 19.2. The molecule has 0 N–H and O–H groups in total. The van der Waals surface area contributed by atoms with Crippen LogP contribution in [0.15, 0.2) is 71.3 Å². The zero-order valence-corrected chi connectivity index (χ0v) is 20.2. The number of hydrogen-bond donors (Lipinski definition) is 0. The van der Waals surface area contributed by atoms with Crippen molar-refractivity contribution in [3.05, 3.63) is 78.1 Å². The fraction of sp³-hybridized carbons (Fsp3) is 0.370. The molecule has 0 spiro atoms. The summed E-state index contributed by atoms with van der Waals surface area (Å²) in [6, 6.07) is 21.4. The Kier molecular flexibility index (Phi) is 7.91. The predicted octanol–water partition coefficient (Wildman–Crippen LogP) is 6.90. The van der Waals surface area contributed by atoms with Crippen LogP contribution in [0.25, 0.3) is 11.1 Å². The van der Waals surface area contributed by atoms with E-state index in [2.05, 4.69) is 74.2 Å². The number of ether oxygens (including phenoxy) is 1. The summed E-state index contributed by atoms with van der Waals surface area (Å²) in [6.45, 7) is 8.24. The molecule has 4 heteroatoms. The van der Waals surface area contributed by atoms with E-state index in [1.165, 1.54) is 23.6 Å². The van der Waals surface area contributed by atoms with Crippen molar-refractivity contribution in [3.63, 3.8) is 0 Å². The first-order valence-electron chi connectivity index (χ1n) is 11.2. The molecule has 1 aromatic heterocycles. The van der Waals surface area contributed by atoms with Crippen LogP contribution in [0.2, 0.25) is 19.6 Å². The van der Waals surface area contributed by atoms with Gasteiger partial charge in [-0.25, -0.2) is 0 Å². The van der Waals surface area contributed by atoms with E-state index in [0.29, 0.717) is 0 Å². The Morgan fingerprint density at radius 3 is 2.23 bits per heavy atom. The van der Waals surface area contributed by atoms with Crippen LogP contribution in [0.5, 0.6) is 0 Å². The first kappa shape index (κ1) is 23.1. The molecule has 0 aliphatic heterocycles. The number of carbonyl (C=O) groups excluding carboxylic acids is 1. The van der Waals surface area contributed by atoms with Crippen molar-refractivity contribution < 1.29 is 13.9 Å². The Balaban J connectivity index is 1.47. The molecule has 0 bridgehead atoms. The molecular formula is C27H34O3Si. The van der Waals surface area contributed by atoms with E-state index in [9.17, 15) is 4.79 Å².